The fraction of sp³-hybridized carbons (Fsp3) is 0.200. The Hall–Kier alpha value is -0.550. The average molecular weight is 419 g/mol. The third-order valence-electron chi connectivity index (χ3n) is 3.32. The summed E-state index contributed by atoms with van der Waals surface area (Å²) in [6.45, 7) is 0.634. The van der Waals surface area contributed by atoms with Crippen LogP contribution >= 0.6 is 43.5 Å². The van der Waals surface area contributed by atoms with Gasteiger partial charge < -0.3 is 9.84 Å². The molecule has 2 aromatic carbocycles. The SMILES string of the molecule is OC(c1cc(Br)ccc1Br)c1cc(Cl)cc2c1OCC2. The molecule has 5 heteroatoms. The molecule has 0 saturated heterocycles. The third kappa shape index (κ3) is 2.62. The summed E-state index contributed by atoms with van der Waals surface area (Å²) in [5.41, 5.74) is 2.54. The van der Waals surface area contributed by atoms with Gasteiger partial charge in [0.15, 0.2) is 0 Å². The van der Waals surface area contributed by atoms with E-state index in [0.717, 1.165) is 32.2 Å². The first-order chi connectivity index (χ1) is 9.56. The molecule has 104 valence electrons. The van der Waals surface area contributed by atoms with Gasteiger partial charge in [-0.15, -0.1) is 0 Å². The summed E-state index contributed by atoms with van der Waals surface area (Å²) in [6, 6.07) is 9.37. The molecule has 3 rings (SSSR count). The average Bonchev–Trinajstić information content (AvgIpc) is 2.87. The molecule has 1 heterocycles. The van der Waals surface area contributed by atoms with Crippen LogP contribution in [-0.4, -0.2) is 11.7 Å². The van der Waals surface area contributed by atoms with Crippen LogP contribution in [0.25, 0.3) is 0 Å². The molecule has 1 unspecified atom stereocenters. The van der Waals surface area contributed by atoms with E-state index in [2.05, 4.69) is 31.9 Å². The molecule has 2 nitrogen and oxygen atoms in total. The molecule has 0 bridgehead atoms. The van der Waals surface area contributed by atoms with E-state index in [9.17, 15) is 5.11 Å². The molecule has 1 N–H and O–H groups in total. The van der Waals surface area contributed by atoms with Gasteiger partial charge in [0.05, 0.1) is 6.61 Å². The Labute approximate surface area is 139 Å². The fourth-order valence-corrected chi connectivity index (χ4v) is 3.48. The molecule has 2 aromatic rings. The van der Waals surface area contributed by atoms with Crippen LogP contribution in [0.4, 0.5) is 0 Å². The highest BCUT2D eigenvalue weighted by molar-refractivity contribution is 9.11. The zero-order valence-corrected chi connectivity index (χ0v) is 14.3. The van der Waals surface area contributed by atoms with Crippen molar-refractivity contribution in [2.45, 2.75) is 12.5 Å². The van der Waals surface area contributed by atoms with Crippen molar-refractivity contribution in [1.29, 1.82) is 0 Å². The van der Waals surface area contributed by atoms with Crippen molar-refractivity contribution in [2.24, 2.45) is 0 Å². The zero-order valence-electron chi connectivity index (χ0n) is 10.4. The number of aliphatic hydroxyl groups excluding tert-OH is 1. The highest BCUT2D eigenvalue weighted by Gasteiger charge is 2.24. The van der Waals surface area contributed by atoms with Crippen LogP contribution in [0, 0.1) is 0 Å². The Balaban J connectivity index is 2.11. The van der Waals surface area contributed by atoms with E-state index < -0.39 is 6.10 Å². The predicted molar refractivity (Wildman–Crippen MR) is 86.6 cm³/mol. The summed E-state index contributed by atoms with van der Waals surface area (Å²) in [6.07, 6.45) is 0.0438. The summed E-state index contributed by atoms with van der Waals surface area (Å²) in [7, 11) is 0. The Morgan fingerprint density at radius 3 is 2.75 bits per heavy atom. The Morgan fingerprint density at radius 2 is 1.95 bits per heavy atom. The van der Waals surface area contributed by atoms with Crippen LogP contribution in [0.15, 0.2) is 39.3 Å². The highest BCUT2D eigenvalue weighted by Crippen LogP contribution is 2.40. The maximum atomic E-state index is 10.7. The van der Waals surface area contributed by atoms with Gasteiger partial charge in [0.25, 0.3) is 0 Å². The van der Waals surface area contributed by atoms with Crippen molar-refractivity contribution in [3.05, 3.63) is 61.0 Å². The van der Waals surface area contributed by atoms with Gasteiger partial charge in [-0.25, -0.2) is 0 Å². The van der Waals surface area contributed by atoms with Crippen LogP contribution in [0.1, 0.15) is 22.8 Å². The van der Waals surface area contributed by atoms with Crippen LogP contribution in [0.5, 0.6) is 5.75 Å². The standard InChI is InChI=1S/C15H11Br2ClO2/c16-9-1-2-13(17)11(6-9)14(19)12-7-10(18)5-8-3-4-20-15(8)12/h1-2,5-7,14,19H,3-4H2. The minimum absolute atomic E-state index is 0.620. The fourth-order valence-electron chi connectivity index (χ4n) is 2.39. The minimum atomic E-state index is -0.785. The molecule has 1 aliphatic rings. The monoisotopic (exact) mass is 416 g/mol. The van der Waals surface area contributed by atoms with Crippen molar-refractivity contribution in [3.8, 4) is 5.75 Å². The molecule has 0 aliphatic carbocycles. The van der Waals surface area contributed by atoms with Crippen molar-refractivity contribution >= 4 is 43.5 Å². The van der Waals surface area contributed by atoms with E-state index in [0.29, 0.717) is 17.2 Å². The molecule has 0 amide bonds. The summed E-state index contributed by atoms with van der Waals surface area (Å²) in [5.74, 6) is 0.758. The van der Waals surface area contributed by atoms with E-state index in [-0.39, 0.29) is 0 Å². The number of aliphatic hydroxyl groups is 1. The molecule has 0 spiro atoms. The largest absolute Gasteiger partial charge is 0.493 e. The second kappa shape index (κ2) is 5.68. The predicted octanol–water partition coefficient (Wildman–Crippen LogP) is 4.88. The topological polar surface area (TPSA) is 29.5 Å². The first kappa shape index (κ1) is 14.4. The number of hydrogen-bond donors (Lipinski definition) is 1. The lowest BCUT2D eigenvalue weighted by atomic mass is 9.98. The summed E-state index contributed by atoms with van der Waals surface area (Å²) in [4.78, 5) is 0. The van der Waals surface area contributed by atoms with Gasteiger partial charge in [-0.1, -0.05) is 43.5 Å². The molecular formula is C15H11Br2ClO2. The van der Waals surface area contributed by atoms with Gasteiger partial charge in [0.2, 0.25) is 0 Å². The Morgan fingerprint density at radius 1 is 1.15 bits per heavy atom. The van der Waals surface area contributed by atoms with Gasteiger partial charge in [-0.3, -0.25) is 0 Å². The number of halogens is 3. The molecule has 0 aromatic heterocycles. The highest BCUT2D eigenvalue weighted by atomic mass is 79.9. The lowest BCUT2D eigenvalue weighted by Crippen LogP contribution is -2.03. The van der Waals surface area contributed by atoms with Gasteiger partial charge in [0.1, 0.15) is 11.9 Å². The summed E-state index contributed by atoms with van der Waals surface area (Å²) < 4.78 is 7.41. The van der Waals surface area contributed by atoms with E-state index in [1.807, 2.05) is 24.3 Å². The first-order valence-corrected chi connectivity index (χ1v) is 8.11. The normalized spacial score (nSPS) is 14.8. The van der Waals surface area contributed by atoms with E-state index >= 15 is 0 Å². The minimum Gasteiger partial charge on any atom is -0.493 e. The van der Waals surface area contributed by atoms with Crippen molar-refractivity contribution in [1.82, 2.24) is 0 Å². The van der Waals surface area contributed by atoms with E-state index in [1.165, 1.54) is 0 Å². The Bertz CT molecular complexity index is 673. The van der Waals surface area contributed by atoms with Crippen molar-refractivity contribution in [2.75, 3.05) is 6.61 Å². The quantitative estimate of drug-likeness (QED) is 0.753. The van der Waals surface area contributed by atoms with Crippen molar-refractivity contribution in [3.63, 3.8) is 0 Å². The van der Waals surface area contributed by atoms with Crippen LogP contribution in [0.2, 0.25) is 5.02 Å². The van der Waals surface area contributed by atoms with E-state index in [4.69, 9.17) is 16.3 Å². The van der Waals surface area contributed by atoms with Crippen molar-refractivity contribution < 1.29 is 9.84 Å². The molecule has 1 atom stereocenters. The van der Waals surface area contributed by atoms with Gasteiger partial charge in [-0.2, -0.15) is 0 Å². The number of fused-ring (bicyclic) bond motifs is 1. The number of rotatable bonds is 2. The van der Waals surface area contributed by atoms with Crippen LogP contribution in [0.3, 0.4) is 0 Å². The first-order valence-electron chi connectivity index (χ1n) is 6.14. The van der Waals surface area contributed by atoms with Crippen LogP contribution in [-0.2, 0) is 6.42 Å². The maximum Gasteiger partial charge on any atom is 0.128 e. The van der Waals surface area contributed by atoms with Crippen LogP contribution < -0.4 is 4.74 Å². The van der Waals surface area contributed by atoms with E-state index in [1.54, 1.807) is 6.07 Å². The number of hydrogen-bond acceptors (Lipinski definition) is 2. The number of benzene rings is 2. The smallest absolute Gasteiger partial charge is 0.128 e. The van der Waals surface area contributed by atoms with Gasteiger partial charge in [-0.05, 0) is 35.9 Å². The molecule has 0 radical (unpaired) electrons. The molecule has 20 heavy (non-hydrogen) atoms. The molecular weight excluding hydrogens is 407 g/mol. The summed E-state index contributed by atoms with van der Waals surface area (Å²) >= 11 is 13.0. The lowest BCUT2D eigenvalue weighted by Gasteiger charge is -2.17. The third-order valence-corrected chi connectivity index (χ3v) is 4.76. The van der Waals surface area contributed by atoms with Gasteiger partial charge in [0, 0.05) is 31.5 Å². The lowest BCUT2D eigenvalue weighted by molar-refractivity contribution is 0.213. The van der Waals surface area contributed by atoms with Gasteiger partial charge >= 0.3 is 0 Å². The summed E-state index contributed by atoms with van der Waals surface area (Å²) in [5, 5.41) is 11.3. The molecule has 1 aliphatic heterocycles. The maximum absolute atomic E-state index is 10.7. The second-order valence-electron chi connectivity index (χ2n) is 4.65. The number of ether oxygens (including phenoxy) is 1. The molecule has 0 saturated carbocycles. The Kier molecular flexibility index (Phi) is 4.09. The second-order valence-corrected chi connectivity index (χ2v) is 6.86. The zero-order chi connectivity index (χ0) is 14.3. The molecule has 0 fully saturated rings.